The molecule has 0 radical (unpaired) electrons. The maximum Gasteiger partial charge on any atom is 0.162 e. The summed E-state index contributed by atoms with van der Waals surface area (Å²) in [5, 5.41) is 0. The van der Waals surface area contributed by atoms with E-state index in [4.69, 9.17) is 15.5 Å². The number of aryl methyl sites for hydroxylation is 1. The third-order valence-electron chi connectivity index (χ3n) is 4.70. The van der Waals surface area contributed by atoms with E-state index in [1.807, 2.05) is 0 Å². The average Bonchev–Trinajstić information content (AvgIpc) is 2.79. The van der Waals surface area contributed by atoms with Crippen LogP contribution in [-0.4, -0.2) is 16.6 Å². The van der Waals surface area contributed by atoms with Crippen molar-refractivity contribution in [3.8, 4) is 0 Å². The summed E-state index contributed by atoms with van der Waals surface area (Å²) in [6.45, 7) is 2.77. The Bertz CT molecular complexity index is 479. The smallest absolute Gasteiger partial charge is 0.162 e. The number of nitrogens with two attached hydrogens (primary N) is 1. The lowest BCUT2D eigenvalue weighted by molar-refractivity contribution is -0.0624. The Labute approximate surface area is 121 Å². The van der Waals surface area contributed by atoms with Crippen LogP contribution in [0, 0.1) is 0 Å². The molecule has 0 amide bonds. The molecule has 1 aromatic rings. The van der Waals surface area contributed by atoms with Crippen molar-refractivity contribution in [3.05, 3.63) is 17.1 Å². The van der Waals surface area contributed by atoms with Crippen LogP contribution in [0.15, 0.2) is 0 Å². The van der Waals surface area contributed by atoms with Crippen LogP contribution >= 0.6 is 0 Å². The van der Waals surface area contributed by atoms with E-state index in [0.29, 0.717) is 12.4 Å². The number of anilines is 1. The molecule has 0 unspecified atom stereocenters. The molecular weight excluding hydrogens is 250 g/mol. The van der Waals surface area contributed by atoms with Gasteiger partial charge in [0, 0.05) is 17.9 Å². The van der Waals surface area contributed by atoms with Crippen LogP contribution in [0.4, 0.5) is 5.82 Å². The summed E-state index contributed by atoms with van der Waals surface area (Å²) in [7, 11) is 0. The minimum absolute atomic E-state index is 0.295. The first-order chi connectivity index (χ1) is 9.75. The number of nitrogens with zero attached hydrogens (tertiary/aromatic N) is 2. The first kappa shape index (κ1) is 13.8. The highest BCUT2D eigenvalue weighted by atomic mass is 16.5. The van der Waals surface area contributed by atoms with Crippen LogP contribution in [0.5, 0.6) is 0 Å². The van der Waals surface area contributed by atoms with Gasteiger partial charge >= 0.3 is 0 Å². The van der Waals surface area contributed by atoms with E-state index in [1.54, 1.807) is 0 Å². The van der Waals surface area contributed by atoms with E-state index < -0.39 is 0 Å². The van der Waals surface area contributed by atoms with Crippen LogP contribution in [-0.2, 0) is 23.2 Å². The lowest BCUT2D eigenvalue weighted by Gasteiger charge is -2.31. The topological polar surface area (TPSA) is 61.0 Å². The van der Waals surface area contributed by atoms with Crippen LogP contribution < -0.4 is 5.73 Å². The Hall–Kier alpha value is -1.16. The Kier molecular flexibility index (Phi) is 3.92. The number of rotatable bonds is 3. The second-order valence-electron chi connectivity index (χ2n) is 6.05. The van der Waals surface area contributed by atoms with E-state index in [-0.39, 0.29) is 5.60 Å². The molecular formula is C16H25N3O. The van der Waals surface area contributed by atoms with Gasteiger partial charge in [-0.2, -0.15) is 0 Å². The van der Waals surface area contributed by atoms with Crippen molar-refractivity contribution in [2.45, 2.75) is 70.3 Å². The van der Waals surface area contributed by atoms with Crippen LogP contribution in [0.25, 0.3) is 0 Å². The summed E-state index contributed by atoms with van der Waals surface area (Å²) < 4.78 is 6.17. The van der Waals surface area contributed by atoms with E-state index in [1.165, 1.54) is 31.2 Å². The summed E-state index contributed by atoms with van der Waals surface area (Å²) in [6, 6.07) is 0. The number of nitrogen functional groups attached to an aromatic ring is 1. The summed E-state index contributed by atoms with van der Waals surface area (Å²) in [5.41, 5.74) is 8.21. The predicted octanol–water partition coefficient (Wildman–Crippen LogP) is 3.13. The summed E-state index contributed by atoms with van der Waals surface area (Å²) in [5.74, 6) is 1.53. The first-order valence-corrected chi connectivity index (χ1v) is 8.05. The van der Waals surface area contributed by atoms with Gasteiger partial charge in [0.1, 0.15) is 11.4 Å². The molecule has 4 heteroatoms. The Morgan fingerprint density at radius 3 is 2.50 bits per heavy atom. The first-order valence-electron chi connectivity index (χ1n) is 8.05. The van der Waals surface area contributed by atoms with Crippen LogP contribution in [0.1, 0.15) is 69.0 Å². The summed E-state index contributed by atoms with van der Waals surface area (Å²) in [4.78, 5) is 9.50. The van der Waals surface area contributed by atoms with Crippen LogP contribution in [0.3, 0.4) is 0 Å². The maximum atomic E-state index is 6.17. The molecule has 0 spiro atoms. The highest BCUT2D eigenvalue weighted by molar-refractivity contribution is 5.45. The fourth-order valence-corrected chi connectivity index (χ4v) is 3.67. The van der Waals surface area contributed by atoms with Crippen molar-refractivity contribution < 1.29 is 4.74 Å². The highest BCUT2D eigenvalue weighted by Crippen LogP contribution is 2.39. The van der Waals surface area contributed by atoms with Crippen molar-refractivity contribution in [3.63, 3.8) is 0 Å². The number of hydrogen-bond acceptors (Lipinski definition) is 4. The Morgan fingerprint density at radius 1 is 1.05 bits per heavy atom. The molecule has 110 valence electrons. The molecule has 0 atom stereocenters. The molecule has 1 aromatic heterocycles. The number of ether oxygens (including phenoxy) is 1. The van der Waals surface area contributed by atoms with Gasteiger partial charge in [-0.15, -0.1) is 0 Å². The van der Waals surface area contributed by atoms with Gasteiger partial charge in [-0.3, -0.25) is 0 Å². The molecule has 4 nitrogen and oxygen atoms in total. The second kappa shape index (κ2) is 5.68. The minimum atomic E-state index is -0.295. The number of aromatic nitrogens is 2. The molecule has 20 heavy (non-hydrogen) atoms. The molecule has 0 bridgehead atoms. The Morgan fingerprint density at radius 2 is 1.80 bits per heavy atom. The average molecular weight is 275 g/mol. The minimum Gasteiger partial charge on any atom is -0.383 e. The summed E-state index contributed by atoms with van der Waals surface area (Å²) in [6.07, 6.45) is 10.2. The third kappa shape index (κ3) is 2.41. The van der Waals surface area contributed by atoms with Gasteiger partial charge in [-0.05, 0) is 39.0 Å². The zero-order valence-electron chi connectivity index (χ0n) is 12.5. The van der Waals surface area contributed by atoms with Gasteiger partial charge < -0.3 is 10.5 Å². The number of hydrogen-bond donors (Lipinski definition) is 1. The lowest BCUT2D eigenvalue weighted by atomic mass is 9.92. The lowest BCUT2D eigenvalue weighted by Crippen LogP contribution is -2.32. The standard InChI is InChI=1S/C16H25N3O/c1-2-20-16(10-5-3-4-6-11-16)15-18-13-9-7-8-12(13)14(17)19-15/h2-11H2,1H3,(H2,17,18,19). The molecule has 2 aliphatic carbocycles. The molecule has 2 N–H and O–H groups in total. The fourth-order valence-electron chi connectivity index (χ4n) is 3.67. The van der Waals surface area contributed by atoms with Crippen molar-refractivity contribution in [1.29, 1.82) is 0 Å². The zero-order chi connectivity index (χ0) is 14.0. The molecule has 1 heterocycles. The molecule has 1 fully saturated rings. The molecule has 2 aliphatic rings. The van der Waals surface area contributed by atoms with Crippen molar-refractivity contribution >= 4 is 5.82 Å². The monoisotopic (exact) mass is 275 g/mol. The maximum absolute atomic E-state index is 6.17. The molecule has 0 aromatic carbocycles. The fraction of sp³-hybridized carbons (Fsp3) is 0.750. The largest absolute Gasteiger partial charge is 0.383 e. The van der Waals surface area contributed by atoms with Gasteiger partial charge in [0.25, 0.3) is 0 Å². The Balaban J connectivity index is 2.00. The predicted molar refractivity (Wildman–Crippen MR) is 79.5 cm³/mol. The quantitative estimate of drug-likeness (QED) is 0.861. The number of fused-ring (bicyclic) bond motifs is 1. The van der Waals surface area contributed by atoms with E-state index >= 15 is 0 Å². The SMILES string of the molecule is CCOC1(c2nc(N)c3c(n2)CCC3)CCCCCC1. The second-order valence-corrected chi connectivity index (χ2v) is 6.05. The molecule has 3 rings (SSSR count). The van der Waals surface area contributed by atoms with E-state index in [9.17, 15) is 0 Å². The van der Waals surface area contributed by atoms with Crippen molar-refractivity contribution in [1.82, 2.24) is 9.97 Å². The zero-order valence-corrected chi connectivity index (χ0v) is 12.5. The van der Waals surface area contributed by atoms with E-state index in [0.717, 1.165) is 43.6 Å². The highest BCUT2D eigenvalue weighted by Gasteiger charge is 2.37. The van der Waals surface area contributed by atoms with Crippen molar-refractivity contribution in [2.75, 3.05) is 12.3 Å². The normalized spacial score (nSPS) is 21.4. The van der Waals surface area contributed by atoms with Gasteiger partial charge in [-0.25, -0.2) is 9.97 Å². The van der Waals surface area contributed by atoms with Crippen molar-refractivity contribution in [2.24, 2.45) is 0 Å². The van der Waals surface area contributed by atoms with Crippen LogP contribution in [0.2, 0.25) is 0 Å². The summed E-state index contributed by atoms with van der Waals surface area (Å²) >= 11 is 0. The molecule has 0 saturated heterocycles. The van der Waals surface area contributed by atoms with E-state index in [2.05, 4.69) is 11.9 Å². The van der Waals surface area contributed by atoms with Gasteiger partial charge in [-0.1, -0.05) is 25.7 Å². The third-order valence-corrected chi connectivity index (χ3v) is 4.70. The van der Waals surface area contributed by atoms with Gasteiger partial charge in [0.05, 0.1) is 0 Å². The van der Waals surface area contributed by atoms with Gasteiger partial charge in [0.15, 0.2) is 5.82 Å². The molecule has 0 aliphatic heterocycles. The van der Waals surface area contributed by atoms with Gasteiger partial charge in [0.2, 0.25) is 0 Å². The molecule has 1 saturated carbocycles.